The number of hydrogen-bond donors (Lipinski definition) is 0. The number of likely N-dealkylation sites (tertiary alicyclic amines) is 1. The molecule has 0 aliphatic carbocycles. The minimum atomic E-state index is -4.34. The van der Waals surface area contributed by atoms with E-state index in [0.717, 1.165) is 23.3 Å². The summed E-state index contributed by atoms with van der Waals surface area (Å²) in [6, 6.07) is 15.2. The number of esters is 1. The molecule has 1 fully saturated rings. The van der Waals surface area contributed by atoms with Gasteiger partial charge in [-0.2, -0.15) is 13.2 Å². The minimum Gasteiger partial charge on any atom is -0.469 e. The van der Waals surface area contributed by atoms with Gasteiger partial charge in [-0.05, 0) is 35.6 Å². The predicted octanol–water partition coefficient (Wildman–Crippen LogP) is 4.83. The van der Waals surface area contributed by atoms with E-state index in [1.54, 1.807) is 12.1 Å². The number of carbonyl (C=O) groups is 1. The Hall–Kier alpha value is -2.34. The summed E-state index contributed by atoms with van der Waals surface area (Å²) in [7, 11) is 1.37. The van der Waals surface area contributed by atoms with Gasteiger partial charge in [0.25, 0.3) is 0 Å². The van der Waals surface area contributed by atoms with Crippen molar-refractivity contribution in [2.75, 3.05) is 13.7 Å². The van der Waals surface area contributed by atoms with Crippen LogP contribution in [-0.4, -0.2) is 24.5 Å². The molecule has 2 aromatic rings. The van der Waals surface area contributed by atoms with Crippen molar-refractivity contribution in [1.82, 2.24) is 4.90 Å². The summed E-state index contributed by atoms with van der Waals surface area (Å²) in [4.78, 5) is 13.9. The maximum absolute atomic E-state index is 12.8. The monoisotopic (exact) mass is 377 g/mol. The Morgan fingerprint density at radius 2 is 1.78 bits per heavy atom. The molecule has 0 radical (unpaired) electrons. The summed E-state index contributed by atoms with van der Waals surface area (Å²) >= 11 is 0. The van der Waals surface area contributed by atoms with Crippen molar-refractivity contribution in [2.45, 2.75) is 31.6 Å². The predicted molar refractivity (Wildman–Crippen MR) is 95.8 cm³/mol. The number of ether oxygens (including phenoxy) is 1. The van der Waals surface area contributed by atoms with Crippen molar-refractivity contribution >= 4 is 5.97 Å². The van der Waals surface area contributed by atoms with E-state index < -0.39 is 11.7 Å². The van der Waals surface area contributed by atoms with E-state index in [2.05, 4.69) is 4.90 Å². The fourth-order valence-corrected chi connectivity index (χ4v) is 3.70. The first-order valence-corrected chi connectivity index (χ1v) is 8.88. The Bertz CT molecular complexity index is 759. The van der Waals surface area contributed by atoms with Crippen LogP contribution in [0.25, 0.3) is 0 Å². The largest absolute Gasteiger partial charge is 0.469 e. The highest BCUT2D eigenvalue weighted by atomic mass is 19.4. The SMILES string of the molecule is COC(=O)C[C@@H]1C[C@@H](c2ccc(C(F)(F)F)cc2)N(Cc2ccccc2)C1. The molecule has 0 N–H and O–H groups in total. The lowest BCUT2D eigenvalue weighted by Crippen LogP contribution is -2.24. The molecule has 27 heavy (non-hydrogen) atoms. The molecule has 1 heterocycles. The lowest BCUT2D eigenvalue weighted by Gasteiger charge is -2.25. The molecule has 6 heteroatoms. The Balaban J connectivity index is 1.81. The molecule has 1 saturated heterocycles. The Labute approximate surface area is 156 Å². The van der Waals surface area contributed by atoms with Crippen molar-refractivity contribution < 1.29 is 22.7 Å². The van der Waals surface area contributed by atoms with Crippen molar-refractivity contribution in [2.24, 2.45) is 5.92 Å². The second kappa shape index (κ2) is 8.13. The number of benzene rings is 2. The van der Waals surface area contributed by atoms with Gasteiger partial charge in [0.1, 0.15) is 0 Å². The molecule has 0 unspecified atom stereocenters. The highest BCUT2D eigenvalue weighted by molar-refractivity contribution is 5.69. The molecule has 0 aromatic heterocycles. The van der Waals surface area contributed by atoms with E-state index in [-0.39, 0.29) is 17.9 Å². The fourth-order valence-electron chi connectivity index (χ4n) is 3.70. The minimum absolute atomic E-state index is 0.0258. The summed E-state index contributed by atoms with van der Waals surface area (Å²) in [6.07, 6.45) is -3.31. The second-order valence-corrected chi connectivity index (χ2v) is 6.93. The summed E-state index contributed by atoms with van der Waals surface area (Å²) in [5.41, 5.74) is 1.32. The highest BCUT2D eigenvalue weighted by Gasteiger charge is 2.35. The first-order valence-electron chi connectivity index (χ1n) is 8.88. The summed E-state index contributed by atoms with van der Waals surface area (Å²) in [5, 5.41) is 0. The van der Waals surface area contributed by atoms with Crippen LogP contribution in [0.5, 0.6) is 0 Å². The van der Waals surface area contributed by atoms with Gasteiger partial charge in [0, 0.05) is 25.6 Å². The average Bonchev–Trinajstić information content (AvgIpc) is 3.04. The summed E-state index contributed by atoms with van der Waals surface area (Å²) < 4.78 is 43.3. The molecule has 0 amide bonds. The standard InChI is InChI=1S/C21H22F3NO2/c1-27-20(26)12-16-11-19(17-7-9-18(10-8-17)21(22,23)24)25(14-16)13-15-5-3-2-4-6-15/h2-10,16,19H,11-14H2,1H3/t16-,19-/m0/s1. The van der Waals surface area contributed by atoms with Gasteiger partial charge >= 0.3 is 12.1 Å². The van der Waals surface area contributed by atoms with Crippen LogP contribution in [0, 0.1) is 5.92 Å². The quantitative estimate of drug-likeness (QED) is 0.699. The zero-order valence-electron chi connectivity index (χ0n) is 15.1. The Kier molecular flexibility index (Phi) is 5.85. The molecule has 2 atom stereocenters. The topological polar surface area (TPSA) is 29.5 Å². The molecule has 0 saturated carbocycles. The maximum atomic E-state index is 12.8. The second-order valence-electron chi connectivity index (χ2n) is 6.93. The molecule has 1 aliphatic heterocycles. The van der Waals surface area contributed by atoms with Crippen molar-refractivity contribution in [3.8, 4) is 0 Å². The van der Waals surface area contributed by atoms with Crippen LogP contribution in [0.4, 0.5) is 13.2 Å². The molecule has 2 aromatic carbocycles. The van der Waals surface area contributed by atoms with Crippen LogP contribution < -0.4 is 0 Å². The van der Waals surface area contributed by atoms with Crippen molar-refractivity contribution in [3.05, 3.63) is 71.3 Å². The number of rotatable bonds is 5. The summed E-state index contributed by atoms with van der Waals surface area (Å²) in [5.74, 6) is -0.138. The van der Waals surface area contributed by atoms with Gasteiger partial charge in [-0.15, -0.1) is 0 Å². The lowest BCUT2D eigenvalue weighted by atomic mass is 9.97. The van der Waals surface area contributed by atoms with Gasteiger partial charge in [-0.1, -0.05) is 42.5 Å². The van der Waals surface area contributed by atoms with Gasteiger partial charge in [0.2, 0.25) is 0 Å². The number of nitrogens with zero attached hydrogens (tertiary/aromatic N) is 1. The lowest BCUT2D eigenvalue weighted by molar-refractivity contribution is -0.141. The van der Waals surface area contributed by atoms with Crippen LogP contribution in [-0.2, 0) is 22.3 Å². The maximum Gasteiger partial charge on any atom is 0.416 e. The highest BCUT2D eigenvalue weighted by Crippen LogP contribution is 2.39. The van der Waals surface area contributed by atoms with E-state index in [1.165, 1.54) is 7.11 Å². The number of methoxy groups -OCH3 is 1. The zero-order valence-corrected chi connectivity index (χ0v) is 15.1. The molecule has 1 aliphatic rings. The van der Waals surface area contributed by atoms with Crippen LogP contribution in [0.15, 0.2) is 54.6 Å². The van der Waals surface area contributed by atoms with E-state index in [4.69, 9.17) is 4.74 Å². The molecular formula is C21H22F3NO2. The van der Waals surface area contributed by atoms with Gasteiger partial charge in [0.05, 0.1) is 12.7 Å². The third-order valence-corrected chi connectivity index (χ3v) is 5.02. The van der Waals surface area contributed by atoms with E-state index in [9.17, 15) is 18.0 Å². The number of carbonyl (C=O) groups excluding carboxylic acids is 1. The van der Waals surface area contributed by atoms with Gasteiger partial charge in [-0.3, -0.25) is 9.69 Å². The van der Waals surface area contributed by atoms with Gasteiger partial charge in [-0.25, -0.2) is 0 Å². The number of alkyl halides is 3. The van der Waals surface area contributed by atoms with Crippen LogP contribution >= 0.6 is 0 Å². The molecular weight excluding hydrogens is 355 g/mol. The van der Waals surface area contributed by atoms with E-state index in [1.807, 2.05) is 30.3 Å². The molecule has 3 rings (SSSR count). The average molecular weight is 377 g/mol. The van der Waals surface area contributed by atoms with E-state index >= 15 is 0 Å². The first-order chi connectivity index (χ1) is 12.9. The van der Waals surface area contributed by atoms with E-state index in [0.29, 0.717) is 25.9 Å². The smallest absolute Gasteiger partial charge is 0.416 e. The first kappa shape index (κ1) is 19.4. The number of hydrogen-bond acceptors (Lipinski definition) is 3. The van der Waals surface area contributed by atoms with Crippen LogP contribution in [0.3, 0.4) is 0 Å². The molecule has 3 nitrogen and oxygen atoms in total. The normalized spacial score (nSPS) is 20.6. The third kappa shape index (κ3) is 4.89. The number of halogens is 3. The third-order valence-electron chi connectivity index (χ3n) is 5.02. The Morgan fingerprint density at radius 3 is 2.37 bits per heavy atom. The van der Waals surface area contributed by atoms with Crippen LogP contribution in [0.2, 0.25) is 0 Å². The molecule has 0 spiro atoms. The zero-order chi connectivity index (χ0) is 19.4. The van der Waals surface area contributed by atoms with Gasteiger partial charge in [0.15, 0.2) is 0 Å². The molecule has 144 valence electrons. The van der Waals surface area contributed by atoms with Crippen LogP contribution in [0.1, 0.15) is 35.6 Å². The molecule has 0 bridgehead atoms. The van der Waals surface area contributed by atoms with Gasteiger partial charge < -0.3 is 4.74 Å². The van der Waals surface area contributed by atoms with Crippen molar-refractivity contribution in [3.63, 3.8) is 0 Å². The Morgan fingerprint density at radius 1 is 1.11 bits per heavy atom. The summed E-state index contributed by atoms with van der Waals surface area (Å²) in [6.45, 7) is 1.39. The van der Waals surface area contributed by atoms with Crippen molar-refractivity contribution in [1.29, 1.82) is 0 Å². The fraction of sp³-hybridized carbons (Fsp3) is 0.381.